The molecular weight excluding hydrogens is 332 g/mol. The summed E-state index contributed by atoms with van der Waals surface area (Å²) in [6.45, 7) is 0. The zero-order valence-corrected chi connectivity index (χ0v) is 13.5. The molecule has 2 aliphatic carbocycles. The zero-order valence-electron chi connectivity index (χ0n) is 11.9. The van der Waals surface area contributed by atoms with E-state index in [1.807, 2.05) is 6.07 Å². The summed E-state index contributed by atoms with van der Waals surface area (Å²) in [5.41, 5.74) is 2.43. The van der Waals surface area contributed by atoms with Gasteiger partial charge in [-0.2, -0.15) is 0 Å². The maximum atomic E-state index is 11.8. The van der Waals surface area contributed by atoms with Crippen molar-refractivity contribution in [3.05, 3.63) is 33.8 Å². The highest BCUT2D eigenvalue weighted by atomic mass is 79.9. The summed E-state index contributed by atoms with van der Waals surface area (Å²) in [6, 6.07) is 2.00. The SMILES string of the molecule is COc1cc(Br)c2c3c1OC1CC(=O)C=CC31CCCC2. The van der Waals surface area contributed by atoms with Gasteiger partial charge in [0.05, 0.1) is 12.5 Å². The number of hydrogen-bond donors (Lipinski definition) is 0. The van der Waals surface area contributed by atoms with Gasteiger partial charge in [0.25, 0.3) is 0 Å². The minimum absolute atomic E-state index is 0.0787. The van der Waals surface area contributed by atoms with E-state index in [4.69, 9.17) is 9.47 Å². The first-order valence-corrected chi connectivity index (χ1v) is 8.23. The van der Waals surface area contributed by atoms with E-state index in [9.17, 15) is 4.79 Å². The molecule has 0 fully saturated rings. The first-order chi connectivity index (χ1) is 10.2. The van der Waals surface area contributed by atoms with Crippen molar-refractivity contribution >= 4 is 21.7 Å². The molecule has 0 saturated heterocycles. The molecule has 0 N–H and O–H groups in total. The third-order valence-electron chi connectivity index (χ3n) is 5.04. The number of allylic oxidation sites excluding steroid dienone is 1. The van der Waals surface area contributed by atoms with Crippen LogP contribution >= 0.6 is 15.9 Å². The summed E-state index contributed by atoms with van der Waals surface area (Å²) in [5, 5.41) is 0. The second-order valence-electron chi connectivity index (χ2n) is 6.10. The topological polar surface area (TPSA) is 35.5 Å². The number of halogens is 1. The normalized spacial score (nSPS) is 29.4. The smallest absolute Gasteiger partial charge is 0.166 e. The van der Waals surface area contributed by atoms with E-state index in [1.54, 1.807) is 13.2 Å². The van der Waals surface area contributed by atoms with E-state index in [0.717, 1.165) is 35.2 Å². The van der Waals surface area contributed by atoms with Crippen LogP contribution in [0.2, 0.25) is 0 Å². The molecule has 3 nitrogen and oxygen atoms in total. The summed E-state index contributed by atoms with van der Waals surface area (Å²) < 4.78 is 12.8. The van der Waals surface area contributed by atoms with Crippen LogP contribution in [0.5, 0.6) is 11.5 Å². The Morgan fingerprint density at radius 1 is 1.43 bits per heavy atom. The number of carbonyl (C=O) groups excluding carboxylic acids is 1. The molecule has 1 aromatic rings. The standard InChI is InChI=1S/C17H17BrO3/c1-20-13-9-12(18)11-4-2-3-6-17-7-5-10(19)8-14(17)21-16(13)15(11)17/h5,7,9,14H,2-4,6,8H2,1H3. The minimum Gasteiger partial charge on any atom is -0.493 e. The average Bonchev–Trinajstić information content (AvgIpc) is 2.67. The predicted molar refractivity (Wildman–Crippen MR) is 83.1 cm³/mol. The Kier molecular flexibility index (Phi) is 2.93. The van der Waals surface area contributed by atoms with E-state index in [1.165, 1.54) is 17.5 Å². The number of rotatable bonds is 1. The number of hydrogen-bond acceptors (Lipinski definition) is 3. The number of benzene rings is 1. The van der Waals surface area contributed by atoms with Crippen LogP contribution in [0.3, 0.4) is 0 Å². The Balaban J connectivity index is 2.02. The number of ketones is 1. The van der Waals surface area contributed by atoms with Gasteiger partial charge in [-0.1, -0.05) is 28.4 Å². The summed E-state index contributed by atoms with van der Waals surface area (Å²) >= 11 is 3.70. The van der Waals surface area contributed by atoms with E-state index >= 15 is 0 Å². The first-order valence-electron chi connectivity index (χ1n) is 7.44. The molecule has 1 aliphatic heterocycles. The van der Waals surface area contributed by atoms with Gasteiger partial charge in [-0.05, 0) is 37.0 Å². The van der Waals surface area contributed by atoms with Crippen molar-refractivity contribution in [1.82, 2.24) is 0 Å². The molecule has 0 aromatic heterocycles. The average molecular weight is 349 g/mol. The molecule has 2 unspecified atom stereocenters. The van der Waals surface area contributed by atoms with Crippen molar-refractivity contribution in [2.45, 2.75) is 43.6 Å². The highest BCUT2D eigenvalue weighted by Gasteiger charge is 2.52. The molecule has 0 amide bonds. The monoisotopic (exact) mass is 348 g/mol. The molecule has 21 heavy (non-hydrogen) atoms. The van der Waals surface area contributed by atoms with Gasteiger partial charge in [-0.25, -0.2) is 0 Å². The highest BCUT2D eigenvalue weighted by Crippen LogP contribution is 2.57. The molecule has 1 aromatic carbocycles. The van der Waals surface area contributed by atoms with E-state index < -0.39 is 0 Å². The summed E-state index contributed by atoms with van der Waals surface area (Å²) in [4.78, 5) is 11.8. The minimum atomic E-state index is -0.147. The van der Waals surface area contributed by atoms with E-state index in [2.05, 4.69) is 22.0 Å². The van der Waals surface area contributed by atoms with E-state index in [0.29, 0.717) is 6.42 Å². The molecule has 110 valence electrons. The fourth-order valence-corrected chi connectivity index (χ4v) is 4.66. The highest BCUT2D eigenvalue weighted by molar-refractivity contribution is 9.10. The molecule has 3 aliphatic rings. The lowest BCUT2D eigenvalue weighted by Gasteiger charge is -2.33. The molecule has 2 atom stereocenters. The second-order valence-corrected chi connectivity index (χ2v) is 6.96. The third kappa shape index (κ3) is 1.75. The number of ether oxygens (including phenoxy) is 2. The van der Waals surface area contributed by atoms with Crippen LogP contribution in [0.4, 0.5) is 0 Å². The third-order valence-corrected chi connectivity index (χ3v) is 5.75. The van der Waals surface area contributed by atoms with Gasteiger partial charge in [-0.3, -0.25) is 4.79 Å². The van der Waals surface area contributed by atoms with Crippen LogP contribution < -0.4 is 9.47 Å². The first kappa shape index (κ1) is 13.4. The Morgan fingerprint density at radius 3 is 3.10 bits per heavy atom. The van der Waals surface area contributed by atoms with Gasteiger partial charge in [0.1, 0.15) is 6.10 Å². The molecule has 4 heteroatoms. The maximum Gasteiger partial charge on any atom is 0.166 e. The van der Waals surface area contributed by atoms with Crippen LogP contribution in [-0.4, -0.2) is 19.0 Å². The Labute approximate surface area is 132 Å². The quantitative estimate of drug-likeness (QED) is 0.775. The lowest BCUT2D eigenvalue weighted by Crippen LogP contribution is -2.40. The van der Waals surface area contributed by atoms with Crippen molar-refractivity contribution in [2.75, 3.05) is 7.11 Å². The van der Waals surface area contributed by atoms with Crippen molar-refractivity contribution in [2.24, 2.45) is 0 Å². The summed E-state index contributed by atoms with van der Waals surface area (Å²) in [5.74, 6) is 1.77. The molecule has 1 spiro atoms. The Hall–Kier alpha value is -1.29. The fraction of sp³-hybridized carbons (Fsp3) is 0.471. The van der Waals surface area contributed by atoms with Gasteiger partial charge >= 0.3 is 0 Å². The lowest BCUT2D eigenvalue weighted by atomic mass is 9.69. The lowest BCUT2D eigenvalue weighted by molar-refractivity contribution is -0.117. The van der Waals surface area contributed by atoms with Gasteiger partial charge in [-0.15, -0.1) is 0 Å². The fourth-order valence-electron chi connectivity index (χ4n) is 4.06. The van der Waals surface area contributed by atoms with Crippen LogP contribution in [0.1, 0.15) is 36.8 Å². The number of methoxy groups -OCH3 is 1. The largest absolute Gasteiger partial charge is 0.493 e. The Bertz CT molecular complexity index is 664. The van der Waals surface area contributed by atoms with Gasteiger partial charge < -0.3 is 9.47 Å². The molecule has 0 saturated carbocycles. The van der Waals surface area contributed by atoms with Crippen molar-refractivity contribution in [1.29, 1.82) is 0 Å². The van der Waals surface area contributed by atoms with Crippen LogP contribution in [-0.2, 0) is 16.6 Å². The van der Waals surface area contributed by atoms with Gasteiger partial charge in [0.2, 0.25) is 0 Å². The Morgan fingerprint density at radius 2 is 2.29 bits per heavy atom. The molecule has 4 rings (SSSR count). The molecule has 0 bridgehead atoms. The van der Waals surface area contributed by atoms with Crippen LogP contribution in [0, 0.1) is 0 Å². The zero-order chi connectivity index (χ0) is 14.6. The summed E-state index contributed by atoms with van der Waals surface area (Å²) in [7, 11) is 1.67. The van der Waals surface area contributed by atoms with Crippen LogP contribution in [0.15, 0.2) is 22.7 Å². The molecule has 0 radical (unpaired) electrons. The number of carbonyl (C=O) groups is 1. The van der Waals surface area contributed by atoms with Crippen molar-refractivity contribution in [3.8, 4) is 11.5 Å². The maximum absolute atomic E-state index is 11.8. The van der Waals surface area contributed by atoms with Gasteiger partial charge in [0, 0.05) is 16.5 Å². The van der Waals surface area contributed by atoms with E-state index in [-0.39, 0.29) is 17.3 Å². The molecule has 1 heterocycles. The van der Waals surface area contributed by atoms with Crippen molar-refractivity contribution in [3.63, 3.8) is 0 Å². The van der Waals surface area contributed by atoms with Gasteiger partial charge in [0.15, 0.2) is 17.3 Å². The molecular formula is C17H17BrO3. The predicted octanol–water partition coefficient (Wildman–Crippen LogP) is 3.71. The second kappa shape index (κ2) is 4.60. The van der Waals surface area contributed by atoms with Crippen LogP contribution in [0.25, 0.3) is 0 Å². The summed E-state index contributed by atoms with van der Waals surface area (Å²) in [6.07, 6.45) is 8.64. The van der Waals surface area contributed by atoms with Crippen molar-refractivity contribution < 1.29 is 14.3 Å².